The van der Waals surface area contributed by atoms with Crippen LogP contribution in [0, 0.1) is 6.92 Å². The lowest BCUT2D eigenvalue weighted by molar-refractivity contribution is 0.100. The molecule has 0 unspecified atom stereocenters. The average molecular weight is 516 g/mol. The van der Waals surface area contributed by atoms with Crippen molar-refractivity contribution in [3.8, 4) is 17.0 Å². The first kappa shape index (κ1) is 26.5. The van der Waals surface area contributed by atoms with Crippen LogP contribution in [-0.2, 0) is 17.9 Å². The number of aryl methyl sites for hydroxylation is 1. The molecule has 0 fully saturated rings. The summed E-state index contributed by atoms with van der Waals surface area (Å²) in [7, 11) is 1.56. The minimum Gasteiger partial charge on any atom is -0.497 e. The molecule has 1 heterocycles. The zero-order chi connectivity index (χ0) is 26.1. The van der Waals surface area contributed by atoms with Gasteiger partial charge in [0.15, 0.2) is 5.96 Å². The number of carbonyl (C=O) groups is 2. The fourth-order valence-corrected chi connectivity index (χ4v) is 3.51. The summed E-state index contributed by atoms with van der Waals surface area (Å²) in [6, 6.07) is 12.1. The quantitative estimate of drug-likeness (QED) is 0.248. The average Bonchev–Trinajstić information content (AvgIpc) is 3.26. The van der Waals surface area contributed by atoms with E-state index in [0.717, 1.165) is 5.56 Å². The van der Waals surface area contributed by atoms with Crippen LogP contribution in [0.15, 0.2) is 52.0 Å². The standard InChI is InChI=1S/C24H26ClN5O6/c1-14-20(21(30-36-14)17-3-5-19(34-2)6-4-17)22(32)29-23(26)28-12-15-9-16(11-18(25)10-15)13-35-24(33)27-7-8-31/h3-6,9-11,31H,7-8,12-13H2,1-2H3,(H,27,33)(H3,26,28,29,32). The number of nitrogens with zero attached hydrogens (tertiary/aromatic N) is 2. The lowest BCUT2D eigenvalue weighted by Gasteiger charge is -2.10. The molecule has 0 aliphatic rings. The number of nitrogens with two attached hydrogens (primary N) is 1. The summed E-state index contributed by atoms with van der Waals surface area (Å²) in [4.78, 5) is 28.4. The van der Waals surface area contributed by atoms with Crippen molar-refractivity contribution in [1.29, 1.82) is 0 Å². The van der Waals surface area contributed by atoms with E-state index in [1.165, 1.54) is 0 Å². The molecule has 0 atom stereocenters. The van der Waals surface area contributed by atoms with Gasteiger partial charge in [-0.15, -0.1) is 0 Å². The molecule has 0 aliphatic heterocycles. The van der Waals surface area contributed by atoms with E-state index in [4.69, 9.17) is 36.4 Å². The summed E-state index contributed by atoms with van der Waals surface area (Å²) in [6.45, 7) is 1.71. The third kappa shape index (κ3) is 7.20. The predicted octanol–water partition coefficient (Wildman–Crippen LogP) is 2.78. The monoisotopic (exact) mass is 515 g/mol. The van der Waals surface area contributed by atoms with Gasteiger partial charge in [-0.2, -0.15) is 4.99 Å². The number of benzene rings is 2. The van der Waals surface area contributed by atoms with Gasteiger partial charge < -0.3 is 35.5 Å². The molecule has 0 saturated carbocycles. The molecule has 0 radical (unpaired) electrons. The van der Waals surface area contributed by atoms with Crippen molar-refractivity contribution >= 4 is 29.6 Å². The summed E-state index contributed by atoms with van der Waals surface area (Å²) in [5.74, 6) is 0.255. The summed E-state index contributed by atoms with van der Waals surface area (Å²) in [5, 5.41) is 18.4. The molecule has 190 valence electrons. The van der Waals surface area contributed by atoms with Gasteiger partial charge in [0.2, 0.25) is 0 Å². The van der Waals surface area contributed by atoms with E-state index in [2.05, 4.69) is 20.8 Å². The molecule has 0 saturated heterocycles. The van der Waals surface area contributed by atoms with Gasteiger partial charge in [0.05, 0.1) is 13.7 Å². The minimum atomic E-state index is -0.656. The van der Waals surface area contributed by atoms with Gasteiger partial charge in [-0.05, 0) is 54.4 Å². The van der Waals surface area contributed by atoms with E-state index in [-0.39, 0.29) is 37.8 Å². The highest BCUT2D eigenvalue weighted by atomic mass is 35.5. The Morgan fingerprint density at radius 3 is 2.58 bits per heavy atom. The number of aliphatic imine (C=N–C) groups is 1. The number of ether oxygens (including phenoxy) is 2. The van der Waals surface area contributed by atoms with Crippen molar-refractivity contribution in [2.45, 2.75) is 20.1 Å². The maximum absolute atomic E-state index is 12.9. The first-order valence-electron chi connectivity index (χ1n) is 10.8. The Kier molecular flexibility index (Phi) is 9.25. The number of hydrogen-bond acceptors (Lipinski definition) is 7. The second-order valence-corrected chi connectivity index (χ2v) is 7.98. The van der Waals surface area contributed by atoms with Crippen LogP contribution in [0.3, 0.4) is 0 Å². The van der Waals surface area contributed by atoms with Crippen molar-refractivity contribution in [3.63, 3.8) is 0 Å². The van der Waals surface area contributed by atoms with Crippen LogP contribution in [0.4, 0.5) is 4.79 Å². The number of aromatic nitrogens is 1. The Morgan fingerprint density at radius 1 is 1.17 bits per heavy atom. The number of nitrogens with one attached hydrogen (secondary N) is 2. The fourth-order valence-electron chi connectivity index (χ4n) is 3.23. The SMILES string of the molecule is COc1ccc(-c2noc(C)c2C(=O)/N=C(\N)NCc2cc(Cl)cc(COC(=O)NCCO)c2)cc1. The summed E-state index contributed by atoms with van der Waals surface area (Å²) in [6.07, 6.45) is -0.656. The molecule has 0 aliphatic carbocycles. The largest absolute Gasteiger partial charge is 0.497 e. The molecule has 12 heteroatoms. The molecule has 36 heavy (non-hydrogen) atoms. The molecule has 1 aromatic heterocycles. The van der Waals surface area contributed by atoms with Crippen LogP contribution < -0.4 is 21.1 Å². The molecule has 2 amide bonds. The van der Waals surface area contributed by atoms with Crippen molar-refractivity contribution in [2.75, 3.05) is 20.3 Å². The van der Waals surface area contributed by atoms with Crippen molar-refractivity contribution in [2.24, 2.45) is 10.7 Å². The number of halogens is 1. The number of aliphatic hydroxyl groups is 1. The molecule has 2 aromatic carbocycles. The smallest absolute Gasteiger partial charge is 0.407 e. The summed E-state index contributed by atoms with van der Waals surface area (Å²) in [5.41, 5.74) is 8.53. The van der Waals surface area contributed by atoms with E-state index in [0.29, 0.717) is 33.4 Å². The Morgan fingerprint density at radius 2 is 1.89 bits per heavy atom. The highest BCUT2D eigenvalue weighted by molar-refractivity contribution is 6.30. The number of guanidine groups is 1. The van der Waals surface area contributed by atoms with Crippen molar-refractivity contribution in [3.05, 3.63) is 69.9 Å². The van der Waals surface area contributed by atoms with Crippen LogP contribution in [0.1, 0.15) is 27.2 Å². The molecular weight excluding hydrogens is 490 g/mol. The minimum absolute atomic E-state index is 0.0201. The maximum atomic E-state index is 12.9. The lowest BCUT2D eigenvalue weighted by atomic mass is 10.1. The third-order valence-corrected chi connectivity index (χ3v) is 5.12. The fraction of sp³-hybridized carbons (Fsp3) is 0.250. The first-order valence-corrected chi connectivity index (χ1v) is 11.2. The highest BCUT2D eigenvalue weighted by Gasteiger charge is 2.22. The van der Waals surface area contributed by atoms with Gasteiger partial charge in [-0.25, -0.2) is 4.79 Å². The van der Waals surface area contributed by atoms with Crippen LogP contribution in [0.25, 0.3) is 11.3 Å². The number of amides is 2. The molecule has 11 nitrogen and oxygen atoms in total. The van der Waals surface area contributed by atoms with Crippen LogP contribution in [0.2, 0.25) is 5.02 Å². The molecular formula is C24H26ClN5O6. The number of aliphatic hydroxyl groups excluding tert-OH is 1. The first-order chi connectivity index (χ1) is 17.3. The van der Waals surface area contributed by atoms with E-state index >= 15 is 0 Å². The summed E-state index contributed by atoms with van der Waals surface area (Å²) >= 11 is 6.17. The van der Waals surface area contributed by atoms with Crippen LogP contribution >= 0.6 is 11.6 Å². The van der Waals surface area contributed by atoms with Crippen LogP contribution in [0.5, 0.6) is 5.75 Å². The van der Waals surface area contributed by atoms with E-state index in [1.807, 2.05) is 0 Å². The topological polar surface area (TPSA) is 161 Å². The van der Waals surface area contributed by atoms with E-state index in [1.54, 1.807) is 56.5 Å². The molecule has 5 N–H and O–H groups in total. The van der Waals surface area contributed by atoms with Gasteiger partial charge in [-0.3, -0.25) is 4.79 Å². The van der Waals surface area contributed by atoms with Gasteiger partial charge in [0, 0.05) is 23.7 Å². The Balaban J connectivity index is 1.66. The zero-order valence-corrected chi connectivity index (χ0v) is 20.5. The Hall–Kier alpha value is -4.09. The molecule has 0 spiro atoms. The number of rotatable bonds is 9. The number of alkyl carbamates (subject to hydrolysis) is 1. The molecule has 0 bridgehead atoms. The highest BCUT2D eigenvalue weighted by Crippen LogP contribution is 2.27. The second kappa shape index (κ2) is 12.6. The van der Waals surface area contributed by atoms with Crippen molar-refractivity contribution < 1.29 is 28.7 Å². The second-order valence-electron chi connectivity index (χ2n) is 7.54. The molecule has 3 aromatic rings. The number of methoxy groups -OCH3 is 1. The number of carbonyl (C=O) groups excluding carboxylic acids is 2. The number of hydrogen-bond donors (Lipinski definition) is 4. The van der Waals surface area contributed by atoms with Gasteiger partial charge >= 0.3 is 6.09 Å². The van der Waals surface area contributed by atoms with E-state index in [9.17, 15) is 9.59 Å². The Bertz CT molecular complexity index is 1240. The van der Waals surface area contributed by atoms with Gasteiger partial charge in [-0.1, -0.05) is 22.8 Å². The predicted molar refractivity (Wildman–Crippen MR) is 133 cm³/mol. The maximum Gasteiger partial charge on any atom is 0.407 e. The van der Waals surface area contributed by atoms with Crippen LogP contribution in [-0.4, -0.2) is 48.5 Å². The van der Waals surface area contributed by atoms with E-state index < -0.39 is 12.0 Å². The van der Waals surface area contributed by atoms with Crippen molar-refractivity contribution in [1.82, 2.24) is 15.8 Å². The summed E-state index contributed by atoms with van der Waals surface area (Å²) < 4.78 is 15.5. The van der Waals surface area contributed by atoms with Gasteiger partial charge in [0.1, 0.15) is 29.4 Å². The lowest BCUT2D eigenvalue weighted by Crippen LogP contribution is -2.32. The van der Waals surface area contributed by atoms with Gasteiger partial charge in [0.25, 0.3) is 5.91 Å². The zero-order valence-electron chi connectivity index (χ0n) is 19.7. The third-order valence-electron chi connectivity index (χ3n) is 4.90. The molecule has 3 rings (SSSR count). The Labute approximate surface area is 212 Å². The normalized spacial score (nSPS) is 11.2.